The molecule has 7 heteroatoms. The summed E-state index contributed by atoms with van der Waals surface area (Å²) >= 11 is 0. The van der Waals surface area contributed by atoms with Crippen LogP contribution < -0.4 is 0 Å². The fraction of sp³-hybridized carbons (Fsp3) is 0.450. The molecule has 0 bridgehead atoms. The van der Waals surface area contributed by atoms with Gasteiger partial charge in [0.15, 0.2) is 6.23 Å². The average molecular weight is 371 g/mol. The molecule has 1 amide bonds. The molecule has 27 heavy (non-hydrogen) atoms. The molecule has 1 saturated heterocycles. The number of aromatic nitrogens is 2. The molecule has 7 nitrogen and oxygen atoms in total. The maximum Gasteiger partial charge on any atom is 0.228 e. The third-order valence-electron chi connectivity index (χ3n) is 5.09. The van der Waals surface area contributed by atoms with Gasteiger partial charge in [-0.2, -0.15) is 0 Å². The lowest BCUT2D eigenvalue weighted by Crippen LogP contribution is -2.45. The van der Waals surface area contributed by atoms with Crippen LogP contribution in [0.1, 0.15) is 43.0 Å². The summed E-state index contributed by atoms with van der Waals surface area (Å²) in [6.45, 7) is 0.140. The Balaban J connectivity index is 0.000000221. The van der Waals surface area contributed by atoms with Crippen LogP contribution in [0.3, 0.4) is 0 Å². The Morgan fingerprint density at radius 1 is 1.15 bits per heavy atom. The zero-order chi connectivity index (χ0) is 19.2. The summed E-state index contributed by atoms with van der Waals surface area (Å²) < 4.78 is 0. The Morgan fingerprint density at radius 2 is 1.89 bits per heavy atom. The molecule has 2 fully saturated rings. The van der Waals surface area contributed by atoms with Gasteiger partial charge in [-0.25, -0.2) is 0 Å². The number of likely N-dealkylation sites (tertiary alicyclic amines) is 1. The predicted molar refractivity (Wildman–Crippen MR) is 98.0 cm³/mol. The minimum Gasteiger partial charge on any atom is -0.392 e. The molecule has 2 aromatic rings. The van der Waals surface area contributed by atoms with Crippen LogP contribution in [0, 0.1) is 5.92 Å². The number of hydrogen-bond acceptors (Lipinski definition) is 6. The van der Waals surface area contributed by atoms with Gasteiger partial charge in [-0.15, -0.1) is 0 Å². The van der Waals surface area contributed by atoms with Gasteiger partial charge in [-0.05, 0) is 18.4 Å². The lowest BCUT2D eigenvalue weighted by atomic mass is 9.84. The summed E-state index contributed by atoms with van der Waals surface area (Å²) in [6, 6.07) is 9.14. The molecule has 2 aliphatic rings. The van der Waals surface area contributed by atoms with E-state index in [0.29, 0.717) is 12.1 Å². The van der Waals surface area contributed by atoms with E-state index in [4.69, 9.17) is 5.11 Å². The van der Waals surface area contributed by atoms with Gasteiger partial charge in [0.1, 0.15) is 6.10 Å². The second-order valence-corrected chi connectivity index (χ2v) is 6.88. The van der Waals surface area contributed by atoms with E-state index in [1.165, 1.54) is 4.90 Å². The molecule has 4 rings (SSSR count). The highest BCUT2D eigenvalue weighted by molar-refractivity contribution is 5.80. The Kier molecular flexibility index (Phi) is 6.49. The molecular formula is C20H25N3O4. The highest BCUT2D eigenvalue weighted by atomic mass is 16.4. The van der Waals surface area contributed by atoms with E-state index in [1.807, 2.05) is 30.3 Å². The van der Waals surface area contributed by atoms with Crippen LogP contribution in [0.5, 0.6) is 0 Å². The van der Waals surface area contributed by atoms with Gasteiger partial charge in [-0.3, -0.25) is 14.8 Å². The summed E-state index contributed by atoms with van der Waals surface area (Å²) in [5, 5.41) is 28.4. The van der Waals surface area contributed by atoms with E-state index < -0.39 is 12.3 Å². The lowest BCUT2D eigenvalue weighted by Gasteiger charge is -2.34. The second kappa shape index (κ2) is 9.03. The van der Waals surface area contributed by atoms with Gasteiger partial charge in [0.2, 0.25) is 5.91 Å². The highest BCUT2D eigenvalue weighted by Gasteiger charge is 2.46. The molecule has 144 valence electrons. The van der Waals surface area contributed by atoms with Crippen LogP contribution in [0.25, 0.3) is 0 Å². The summed E-state index contributed by atoms with van der Waals surface area (Å²) in [7, 11) is 0. The molecule has 1 saturated carbocycles. The fourth-order valence-electron chi connectivity index (χ4n) is 3.31. The minimum atomic E-state index is -1.14. The molecule has 1 aliphatic heterocycles. The van der Waals surface area contributed by atoms with Crippen molar-refractivity contribution in [2.75, 3.05) is 0 Å². The molecule has 0 spiro atoms. The first-order chi connectivity index (χ1) is 13.1. The smallest absolute Gasteiger partial charge is 0.228 e. The van der Waals surface area contributed by atoms with Crippen molar-refractivity contribution >= 4 is 5.91 Å². The number of aliphatic hydroxyl groups is 3. The van der Waals surface area contributed by atoms with Gasteiger partial charge in [0, 0.05) is 24.7 Å². The number of carbonyl (C=O) groups excluding carboxylic acids is 1. The van der Waals surface area contributed by atoms with E-state index >= 15 is 0 Å². The Bertz CT molecular complexity index is 725. The average Bonchev–Trinajstić information content (AvgIpc) is 2.97. The van der Waals surface area contributed by atoms with E-state index in [-0.39, 0.29) is 24.5 Å². The van der Waals surface area contributed by atoms with Crippen LogP contribution in [-0.4, -0.2) is 48.4 Å². The van der Waals surface area contributed by atoms with E-state index in [0.717, 1.165) is 24.8 Å². The highest BCUT2D eigenvalue weighted by Crippen LogP contribution is 2.38. The zero-order valence-electron chi connectivity index (χ0n) is 15.1. The molecule has 3 atom stereocenters. The van der Waals surface area contributed by atoms with E-state index in [2.05, 4.69) is 9.97 Å². The van der Waals surface area contributed by atoms with Gasteiger partial charge in [0.25, 0.3) is 0 Å². The minimum absolute atomic E-state index is 0.0147. The first-order valence-electron chi connectivity index (χ1n) is 9.20. The normalized spacial score (nSPS) is 24.7. The van der Waals surface area contributed by atoms with Crippen LogP contribution in [0.15, 0.2) is 48.9 Å². The quantitative estimate of drug-likeness (QED) is 0.753. The Labute approximate surface area is 158 Å². The van der Waals surface area contributed by atoms with Crippen molar-refractivity contribution < 1.29 is 20.1 Å². The van der Waals surface area contributed by atoms with Crippen molar-refractivity contribution in [3.8, 4) is 0 Å². The maximum absolute atomic E-state index is 12.4. The first-order valence-corrected chi connectivity index (χ1v) is 9.20. The van der Waals surface area contributed by atoms with Gasteiger partial charge >= 0.3 is 0 Å². The van der Waals surface area contributed by atoms with E-state index in [1.54, 1.807) is 18.6 Å². The van der Waals surface area contributed by atoms with Gasteiger partial charge < -0.3 is 20.2 Å². The third-order valence-corrected chi connectivity index (χ3v) is 5.09. The van der Waals surface area contributed by atoms with Crippen molar-refractivity contribution in [2.24, 2.45) is 5.92 Å². The lowest BCUT2D eigenvalue weighted by molar-refractivity contribution is -0.152. The van der Waals surface area contributed by atoms with Crippen molar-refractivity contribution in [1.82, 2.24) is 14.9 Å². The molecule has 2 heterocycles. The third kappa shape index (κ3) is 4.50. The summed E-state index contributed by atoms with van der Waals surface area (Å²) in [4.78, 5) is 21.9. The standard InChI is InChI=1S/C13H17N3O3.C7H8O/c17-11-6-10(9-7-14-4-5-15-9)16(13(11)19)12(18)8-2-1-3-8;8-6-7-4-2-1-3-5-7/h4-5,7-8,10-11,13,17,19H,1-3,6H2;1-5,8H,6H2. The molecule has 1 aromatic heterocycles. The topological polar surface area (TPSA) is 107 Å². The first kappa shape index (κ1) is 19.4. The monoisotopic (exact) mass is 371 g/mol. The molecular weight excluding hydrogens is 346 g/mol. The fourth-order valence-corrected chi connectivity index (χ4v) is 3.31. The van der Waals surface area contributed by atoms with Crippen molar-refractivity contribution in [1.29, 1.82) is 0 Å². The van der Waals surface area contributed by atoms with E-state index in [9.17, 15) is 15.0 Å². The second-order valence-electron chi connectivity index (χ2n) is 6.88. The van der Waals surface area contributed by atoms with Crippen LogP contribution in [0.4, 0.5) is 0 Å². The van der Waals surface area contributed by atoms with Crippen LogP contribution in [0.2, 0.25) is 0 Å². The maximum atomic E-state index is 12.4. The molecule has 3 N–H and O–H groups in total. The Morgan fingerprint density at radius 3 is 2.41 bits per heavy atom. The number of nitrogens with zero attached hydrogens (tertiary/aromatic N) is 3. The number of amides is 1. The van der Waals surface area contributed by atoms with Crippen LogP contribution >= 0.6 is 0 Å². The summed E-state index contributed by atoms with van der Waals surface area (Å²) in [5.41, 5.74) is 1.58. The number of rotatable bonds is 3. The van der Waals surface area contributed by atoms with Crippen LogP contribution in [-0.2, 0) is 11.4 Å². The molecule has 3 unspecified atom stereocenters. The predicted octanol–water partition coefficient (Wildman–Crippen LogP) is 1.41. The number of aliphatic hydroxyl groups excluding tert-OH is 3. The number of carbonyl (C=O) groups is 1. The van der Waals surface area contributed by atoms with Crippen molar-refractivity contribution in [3.05, 3.63) is 60.2 Å². The molecule has 1 aromatic carbocycles. The van der Waals surface area contributed by atoms with Gasteiger partial charge in [-0.1, -0.05) is 36.8 Å². The summed E-state index contributed by atoms with van der Waals surface area (Å²) in [6.07, 6.45) is 5.72. The number of benzene rings is 1. The zero-order valence-corrected chi connectivity index (χ0v) is 15.1. The SMILES string of the molecule is O=C(C1CCC1)N1C(c2cnccn2)CC(O)C1O.OCc1ccccc1. The van der Waals surface area contributed by atoms with Crippen molar-refractivity contribution in [3.63, 3.8) is 0 Å². The number of hydrogen-bond donors (Lipinski definition) is 3. The largest absolute Gasteiger partial charge is 0.392 e. The van der Waals surface area contributed by atoms with Gasteiger partial charge in [0.05, 0.1) is 24.5 Å². The molecule has 0 radical (unpaired) electrons. The molecule has 1 aliphatic carbocycles. The van der Waals surface area contributed by atoms with Crippen molar-refractivity contribution in [2.45, 2.75) is 50.7 Å². The Hall–Kier alpha value is -2.35. The summed E-state index contributed by atoms with van der Waals surface area (Å²) in [5.74, 6) is -0.0925.